The molecule has 0 heterocycles. The van der Waals surface area contributed by atoms with Crippen LogP contribution in [0.25, 0.3) is 0 Å². The molecule has 0 saturated carbocycles. The van der Waals surface area contributed by atoms with E-state index in [9.17, 15) is 0 Å². The normalized spacial score (nSPS) is 11.2. The van der Waals surface area contributed by atoms with Gasteiger partial charge in [-0.05, 0) is 67.3 Å². The Balaban J connectivity index is 1.60. The topological polar surface area (TPSA) is 21.6 Å². The minimum Gasteiger partial charge on any atom is -0.494 e. The largest absolute Gasteiger partial charge is 0.494 e. The molecule has 2 aromatic rings. The first-order valence-electron chi connectivity index (χ1n) is 11.7. The molecule has 2 nitrogen and oxygen atoms in total. The van der Waals surface area contributed by atoms with Crippen LogP contribution in [0.15, 0.2) is 53.5 Å². The van der Waals surface area contributed by atoms with Crippen LogP contribution < -0.4 is 4.74 Å². The lowest BCUT2D eigenvalue weighted by molar-refractivity contribution is 0.340. The fraction of sp³-hybridized carbons (Fsp3) is 0.519. The molecule has 0 aliphatic carbocycles. The van der Waals surface area contributed by atoms with Crippen molar-refractivity contribution in [3.05, 3.63) is 59.7 Å². The van der Waals surface area contributed by atoms with E-state index in [1.54, 1.807) is 0 Å². The average Bonchev–Trinajstić information content (AvgIpc) is 2.76. The number of aliphatic imine (C=N–C) groups is 1. The van der Waals surface area contributed by atoms with Crippen LogP contribution in [0.3, 0.4) is 0 Å². The van der Waals surface area contributed by atoms with Gasteiger partial charge >= 0.3 is 0 Å². The van der Waals surface area contributed by atoms with E-state index in [2.05, 4.69) is 36.2 Å². The van der Waals surface area contributed by atoms with Crippen molar-refractivity contribution in [3.8, 4) is 5.75 Å². The summed E-state index contributed by atoms with van der Waals surface area (Å²) in [6.07, 6.45) is 17.0. The van der Waals surface area contributed by atoms with Gasteiger partial charge in [0.25, 0.3) is 0 Å². The molecule has 0 bridgehead atoms. The summed E-state index contributed by atoms with van der Waals surface area (Å²) in [7, 11) is 0. The molecule has 2 aromatic carbocycles. The first-order chi connectivity index (χ1) is 14.3. The van der Waals surface area contributed by atoms with Crippen LogP contribution in [0.4, 0.5) is 5.69 Å². The summed E-state index contributed by atoms with van der Waals surface area (Å²) >= 11 is 0. The number of aryl methyl sites for hydroxylation is 1. The van der Waals surface area contributed by atoms with Crippen molar-refractivity contribution in [1.29, 1.82) is 0 Å². The second kappa shape index (κ2) is 14.8. The van der Waals surface area contributed by atoms with Gasteiger partial charge in [0.2, 0.25) is 0 Å². The minimum absolute atomic E-state index is 0.693. The number of ether oxygens (including phenoxy) is 1. The van der Waals surface area contributed by atoms with Crippen molar-refractivity contribution in [2.75, 3.05) is 6.61 Å². The van der Waals surface area contributed by atoms with E-state index in [0.717, 1.165) is 17.0 Å². The SMILES string of the molecule is CCCCCCCCCCCCc1ccc(N=Cc2ccc(OCC)cc2)cc1. The van der Waals surface area contributed by atoms with Gasteiger partial charge in [-0.25, -0.2) is 0 Å². The molecule has 0 N–H and O–H groups in total. The maximum atomic E-state index is 5.47. The smallest absolute Gasteiger partial charge is 0.119 e. The Kier molecular flexibility index (Phi) is 11.9. The lowest BCUT2D eigenvalue weighted by Gasteiger charge is -2.04. The molecule has 2 rings (SSSR count). The minimum atomic E-state index is 0.693. The van der Waals surface area contributed by atoms with Gasteiger partial charge in [0.05, 0.1) is 12.3 Å². The number of hydrogen-bond acceptors (Lipinski definition) is 2. The predicted molar refractivity (Wildman–Crippen MR) is 127 cm³/mol. The molecule has 0 spiro atoms. The Morgan fingerprint density at radius 1 is 0.690 bits per heavy atom. The number of benzene rings is 2. The van der Waals surface area contributed by atoms with Crippen LogP contribution in [0.2, 0.25) is 0 Å². The van der Waals surface area contributed by atoms with Gasteiger partial charge in [-0.2, -0.15) is 0 Å². The van der Waals surface area contributed by atoms with Crippen LogP contribution >= 0.6 is 0 Å². The van der Waals surface area contributed by atoms with Crippen molar-refractivity contribution in [1.82, 2.24) is 0 Å². The predicted octanol–water partition coefficient (Wildman–Crippen LogP) is 8.30. The summed E-state index contributed by atoms with van der Waals surface area (Å²) in [6, 6.07) is 16.7. The number of hydrogen-bond donors (Lipinski definition) is 0. The molecular weight excluding hydrogens is 354 g/mol. The van der Waals surface area contributed by atoms with Crippen LogP contribution in [-0.4, -0.2) is 12.8 Å². The molecule has 2 heteroatoms. The van der Waals surface area contributed by atoms with Crippen molar-refractivity contribution in [2.24, 2.45) is 4.99 Å². The van der Waals surface area contributed by atoms with E-state index in [4.69, 9.17) is 4.74 Å². The zero-order chi connectivity index (χ0) is 20.6. The molecule has 0 fully saturated rings. The highest BCUT2D eigenvalue weighted by Crippen LogP contribution is 2.17. The molecule has 0 aromatic heterocycles. The van der Waals surface area contributed by atoms with E-state index >= 15 is 0 Å². The molecule has 0 unspecified atom stereocenters. The summed E-state index contributed by atoms with van der Waals surface area (Å²) < 4.78 is 5.47. The monoisotopic (exact) mass is 393 g/mol. The van der Waals surface area contributed by atoms with Gasteiger partial charge in [-0.3, -0.25) is 4.99 Å². The van der Waals surface area contributed by atoms with Crippen molar-refractivity contribution >= 4 is 11.9 Å². The lowest BCUT2D eigenvalue weighted by atomic mass is 10.0. The summed E-state index contributed by atoms with van der Waals surface area (Å²) in [5.41, 5.74) is 3.51. The Bertz CT molecular complexity index is 673. The lowest BCUT2D eigenvalue weighted by Crippen LogP contribution is -1.91. The standard InChI is InChI=1S/C27H39NO/c1-3-5-6-7-8-9-10-11-12-13-14-24-15-19-26(20-16-24)28-23-25-17-21-27(22-18-25)29-4-2/h15-23H,3-14H2,1-2H3. The molecule has 0 atom stereocenters. The van der Waals surface area contributed by atoms with Gasteiger partial charge < -0.3 is 4.74 Å². The molecule has 0 amide bonds. The Morgan fingerprint density at radius 2 is 1.28 bits per heavy atom. The van der Waals surface area contributed by atoms with E-state index in [1.807, 2.05) is 37.4 Å². The van der Waals surface area contributed by atoms with Gasteiger partial charge in [-0.15, -0.1) is 0 Å². The fourth-order valence-corrected chi connectivity index (χ4v) is 3.53. The van der Waals surface area contributed by atoms with E-state index < -0.39 is 0 Å². The zero-order valence-corrected chi connectivity index (χ0v) is 18.5. The number of unbranched alkanes of at least 4 members (excludes halogenated alkanes) is 9. The van der Waals surface area contributed by atoms with Crippen LogP contribution in [0.1, 0.15) is 89.2 Å². The molecule has 158 valence electrons. The third-order valence-corrected chi connectivity index (χ3v) is 5.31. The molecule has 0 aliphatic rings. The Hall–Kier alpha value is -2.09. The average molecular weight is 394 g/mol. The van der Waals surface area contributed by atoms with Crippen LogP contribution in [-0.2, 0) is 6.42 Å². The molecule has 0 radical (unpaired) electrons. The van der Waals surface area contributed by atoms with Gasteiger partial charge in [-0.1, -0.05) is 76.8 Å². The molecular formula is C27H39NO. The highest BCUT2D eigenvalue weighted by molar-refractivity contribution is 5.82. The van der Waals surface area contributed by atoms with E-state index in [1.165, 1.54) is 76.2 Å². The number of nitrogens with zero attached hydrogens (tertiary/aromatic N) is 1. The zero-order valence-electron chi connectivity index (χ0n) is 18.5. The third-order valence-electron chi connectivity index (χ3n) is 5.31. The summed E-state index contributed by atoms with van der Waals surface area (Å²) in [5, 5.41) is 0. The Labute approximate surface area is 178 Å². The van der Waals surface area contributed by atoms with Gasteiger partial charge in [0, 0.05) is 6.21 Å². The first-order valence-corrected chi connectivity index (χ1v) is 11.7. The number of rotatable bonds is 15. The second-order valence-corrected chi connectivity index (χ2v) is 7.86. The molecule has 29 heavy (non-hydrogen) atoms. The van der Waals surface area contributed by atoms with Crippen LogP contribution in [0, 0.1) is 0 Å². The van der Waals surface area contributed by atoms with Crippen molar-refractivity contribution < 1.29 is 4.74 Å². The fourth-order valence-electron chi connectivity index (χ4n) is 3.53. The van der Waals surface area contributed by atoms with Crippen molar-refractivity contribution in [2.45, 2.75) is 84.5 Å². The van der Waals surface area contributed by atoms with Crippen molar-refractivity contribution in [3.63, 3.8) is 0 Å². The van der Waals surface area contributed by atoms with Gasteiger partial charge in [0.1, 0.15) is 5.75 Å². The van der Waals surface area contributed by atoms with E-state index in [0.29, 0.717) is 6.61 Å². The quantitative estimate of drug-likeness (QED) is 0.220. The highest BCUT2D eigenvalue weighted by Gasteiger charge is 1.97. The third kappa shape index (κ3) is 10.3. The molecule has 0 saturated heterocycles. The van der Waals surface area contributed by atoms with Gasteiger partial charge in [0.15, 0.2) is 0 Å². The first kappa shape index (κ1) is 23.2. The summed E-state index contributed by atoms with van der Waals surface area (Å²) in [6.45, 7) is 4.97. The highest BCUT2D eigenvalue weighted by atomic mass is 16.5. The van der Waals surface area contributed by atoms with Crippen LogP contribution in [0.5, 0.6) is 5.75 Å². The maximum Gasteiger partial charge on any atom is 0.119 e. The van der Waals surface area contributed by atoms with E-state index in [-0.39, 0.29) is 0 Å². The summed E-state index contributed by atoms with van der Waals surface area (Å²) in [4.78, 5) is 4.58. The molecule has 0 aliphatic heterocycles. The second-order valence-electron chi connectivity index (χ2n) is 7.86. The summed E-state index contributed by atoms with van der Waals surface area (Å²) in [5.74, 6) is 0.904. The maximum absolute atomic E-state index is 5.47. The Morgan fingerprint density at radius 3 is 1.86 bits per heavy atom.